The average molecular weight is 488 g/mol. The lowest BCUT2D eigenvalue weighted by atomic mass is 9.96. The van der Waals surface area contributed by atoms with Crippen molar-refractivity contribution in [2.45, 2.75) is 0 Å². The number of imide groups is 2. The van der Waals surface area contributed by atoms with Gasteiger partial charge in [-0.1, -0.05) is 30.3 Å². The molecule has 178 valence electrons. The molecular formula is C29H16N2O6. The van der Waals surface area contributed by atoms with Crippen molar-refractivity contribution in [1.29, 1.82) is 0 Å². The summed E-state index contributed by atoms with van der Waals surface area (Å²) in [5.41, 5.74) is 1.35. The smallest absolute Gasteiger partial charge is 0.266 e. The van der Waals surface area contributed by atoms with Gasteiger partial charge in [-0.2, -0.15) is 0 Å². The zero-order chi connectivity index (χ0) is 25.7. The molecule has 4 aromatic rings. The molecule has 0 atom stereocenters. The SMILES string of the molecule is O=C(c1ccc2c(c1)C(=O)NC2=O)c1ccc2c(c1)C(=O)N(c1ccc(Oc3ccccc3)cc1)C2=O. The zero-order valence-corrected chi connectivity index (χ0v) is 19.1. The van der Waals surface area contributed by atoms with Gasteiger partial charge in [-0.3, -0.25) is 29.3 Å². The second kappa shape index (κ2) is 8.39. The van der Waals surface area contributed by atoms with Crippen LogP contribution >= 0.6 is 0 Å². The van der Waals surface area contributed by atoms with E-state index in [0.29, 0.717) is 17.2 Å². The van der Waals surface area contributed by atoms with E-state index < -0.39 is 29.4 Å². The van der Waals surface area contributed by atoms with Crippen LogP contribution in [0.2, 0.25) is 0 Å². The maximum Gasteiger partial charge on any atom is 0.266 e. The van der Waals surface area contributed by atoms with E-state index in [-0.39, 0.29) is 33.4 Å². The Kier molecular flexibility index (Phi) is 5.01. The number of nitrogens with zero attached hydrogens (tertiary/aromatic N) is 1. The first-order chi connectivity index (χ1) is 17.9. The van der Waals surface area contributed by atoms with Crippen molar-refractivity contribution in [1.82, 2.24) is 5.32 Å². The number of amides is 4. The van der Waals surface area contributed by atoms with Gasteiger partial charge in [0.1, 0.15) is 11.5 Å². The van der Waals surface area contributed by atoms with Crippen LogP contribution in [0, 0.1) is 0 Å². The lowest BCUT2D eigenvalue weighted by Gasteiger charge is -2.14. The summed E-state index contributed by atoms with van der Waals surface area (Å²) in [7, 11) is 0. The van der Waals surface area contributed by atoms with Gasteiger partial charge in [-0.15, -0.1) is 0 Å². The summed E-state index contributed by atoms with van der Waals surface area (Å²) in [5.74, 6) is -1.37. The van der Waals surface area contributed by atoms with E-state index in [9.17, 15) is 24.0 Å². The van der Waals surface area contributed by atoms with E-state index in [4.69, 9.17) is 4.74 Å². The monoisotopic (exact) mass is 488 g/mol. The number of ketones is 1. The van der Waals surface area contributed by atoms with E-state index in [2.05, 4.69) is 5.32 Å². The Morgan fingerprint density at radius 1 is 0.595 bits per heavy atom. The van der Waals surface area contributed by atoms with Crippen LogP contribution in [-0.4, -0.2) is 29.4 Å². The molecule has 0 saturated heterocycles. The molecule has 2 aliphatic rings. The highest BCUT2D eigenvalue weighted by Gasteiger charge is 2.37. The van der Waals surface area contributed by atoms with E-state index in [1.165, 1.54) is 36.4 Å². The second-order valence-electron chi connectivity index (χ2n) is 8.49. The Morgan fingerprint density at radius 2 is 1.16 bits per heavy atom. The molecule has 0 bridgehead atoms. The number of carbonyl (C=O) groups is 5. The highest BCUT2D eigenvalue weighted by molar-refractivity contribution is 6.35. The fourth-order valence-corrected chi connectivity index (χ4v) is 4.38. The number of ether oxygens (including phenoxy) is 1. The second-order valence-corrected chi connectivity index (χ2v) is 8.49. The topological polar surface area (TPSA) is 110 Å². The molecule has 1 N–H and O–H groups in total. The lowest BCUT2D eigenvalue weighted by molar-refractivity contribution is 0.0874. The third-order valence-corrected chi connectivity index (χ3v) is 6.22. The average Bonchev–Trinajstić information content (AvgIpc) is 3.35. The van der Waals surface area contributed by atoms with Crippen LogP contribution in [0.5, 0.6) is 11.5 Å². The minimum absolute atomic E-state index is 0.106. The van der Waals surface area contributed by atoms with Crippen LogP contribution in [0.1, 0.15) is 57.4 Å². The van der Waals surface area contributed by atoms with Gasteiger partial charge in [0, 0.05) is 11.1 Å². The van der Waals surface area contributed by atoms with Gasteiger partial charge in [-0.25, -0.2) is 4.90 Å². The van der Waals surface area contributed by atoms with E-state index in [1.54, 1.807) is 24.3 Å². The maximum absolute atomic E-state index is 13.2. The van der Waals surface area contributed by atoms with Gasteiger partial charge in [0.05, 0.1) is 27.9 Å². The number of anilines is 1. The molecule has 0 fully saturated rings. The number of hydrogen-bond donors (Lipinski definition) is 1. The summed E-state index contributed by atoms with van der Waals surface area (Å²) >= 11 is 0. The molecule has 8 heteroatoms. The van der Waals surface area contributed by atoms with Crippen molar-refractivity contribution >= 4 is 35.1 Å². The third-order valence-electron chi connectivity index (χ3n) is 6.22. The van der Waals surface area contributed by atoms with Crippen LogP contribution in [0.4, 0.5) is 5.69 Å². The van der Waals surface area contributed by atoms with Crippen LogP contribution in [-0.2, 0) is 0 Å². The highest BCUT2D eigenvalue weighted by Crippen LogP contribution is 2.32. The molecule has 0 aliphatic carbocycles. The number of benzene rings is 4. The molecular weight excluding hydrogens is 472 g/mol. The largest absolute Gasteiger partial charge is 0.457 e. The Bertz CT molecular complexity index is 1660. The normalized spacial score (nSPS) is 13.9. The molecule has 0 spiro atoms. The molecule has 37 heavy (non-hydrogen) atoms. The number of fused-ring (bicyclic) bond motifs is 2. The third kappa shape index (κ3) is 3.68. The van der Waals surface area contributed by atoms with Crippen LogP contribution < -0.4 is 15.0 Å². The van der Waals surface area contributed by atoms with Crippen molar-refractivity contribution in [2.75, 3.05) is 4.90 Å². The first-order valence-electron chi connectivity index (χ1n) is 11.3. The predicted octanol–water partition coefficient (Wildman–Crippen LogP) is 4.39. The molecule has 2 aliphatic heterocycles. The highest BCUT2D eigenvalue weighted by atomic mass is 16.5. The standard InChI is InChI=1S/C29H16N2O6/c32-25(16-6-12-21-23(14-16)27(34)30-26(21)33)17-7-13-22-24(15-17)29(36)31(28(22)35)18-8-10-20(11-9-18)37-19-4-2-1-3-5-19/h1-15H,(H,30,33,34). The van der Waals surface area contributed by atoms with Crippen molar-refractivity contribution in [3.8, 4) is 11.5 Å². The Morgan fingerprint density at radius 3 is 1.86 bits per heavy atom. The maximum atomic E-state index is 13.2. The summed E-state index contributed by atoms with van der Waals surface area (Å²) in [5, 5.41) is 2.18. The van der Waals surface area contributed by atoms with Gasteiger partial charge in [-0.05, 0) is 60.7 Å². The first kappa shape index (κ1) is 22.1. The summed E-state index contributed by atoms with van der Waals surface area (Å²) < 4.78 is 5.77. The lowest BCUT2D eigenvalue weighted by Crippen LogP contribution is -2.29. The summed E-state index contributed by atoms with van der Waals surface area (Å²) in [6, 6.07) is 24.3. The summed E-state index contributed by atoms with van der Waals surface area (Å²) in [4.78, 5) is 64.2. The van der Waals surface area contributed by atoms with Gasteiger partial charge in [0.15, 0.2) is 5.78 Å². The predicted molar refractivity (Wildman–Crippen MR) is 132 cm³/mol. The van der Waals surface area contributed by atoms with E-state index in [0.717, 1.165) is 4.90 Å². The van der Waals surface area contributed by atoms with Gasteiger partial charge < -0.3 is 4.74 Å². The van der Waals surface area contributed by atoms with Crippen LogP contribution in [0.25, 0.3) is 0 Å². The molecule has 0 saturated carbocycles. The Labute approximate surface area is 210 Å². The fraction of sp³-hybridized carbons (Fsp3) is 0. The molecule has 6 rings (SSSR count). The summed E-state index contributed by atoms with van der Waals surface area (Å²) in [6.45, 7) is 0. The number of rotatable bonds is 5. The Hall–Kier alpha value is -5.37. The molecule has 0 aromatic heterocycles. The minimum atomic E-state index is -0.569. The summed E-state index contributed by atoms with van der Waals surface area (Å²) in [6.07, 6.45) is 0. The van der Waals surface area contributed by atoms with Crippen LogP contribution in [0.3, 0.4) is 0 Å². The van der Waals surface area contributed by atoms with Gasteiger partial charge >= 0.3 is 0 Å². The molecule has 8 nitrogen and oxygen atoms in total. The number of carbonyl (C=O) groups excluding carboxylic acids is 5. The number of para-hydroxylation sites is 1. The fourth-order valence-electron chi connectivity index (χ4n) is 4.38. The molecule has 0 unspecified atom stereocenters. The van der Waals surface area contributed by atoms with Crippen molar-refractivity contribution < 1.29 is 28.7 Å². The molecule has 4 aromatic carbocycles. The zero-order valence-electron chi connectivity index (χ0n) is 19.1. The molecule has 4 amide bonds. The number of hydrogen-bond acceptors (Lipinski definition) is 6. The van der Waals surface area contributed by atoms with Crippen LogP contribution in [0.15, 0.2) is 91.0 Å². The molecule has 2 heterocycles. The molecule has 0 radical (unpaired) electrons. The van der Waals surface area contributed by atoms with E-state index >= 15 is 0 Å². The van der Waals surface area contributed by atoms with Crippen molar-refractivity contribution in [3.05, 3.63) is 124 Å². The quantitative estimate of drug-likeness (QED) is 0.330. The van der Waals surface area contributed by atoms with Gasteiger partial charge in [0.25, 0.3) is 23.6 Å². The van der Waals surface area contributed by atoms with Crippen molar-refractivity contribution in [2.24, 2.45) is 0 Å². The van der Waals surface area contributed by atoms with E-state index in [1.807, 2.05) is 30.3 Å². The van der Waals surface area contributed by atoms with Gasteiger partial charge in [0.2, 0.25) is 0 Å². The first-order valence-corrected chi connectivity index (χ1v) is 11.3. The number of nitrogens with one attached hydrogen (secondary N) is 1. The Balaban J connectivity index is 1.26. The van der Waals surface area contributed by atoms with Crippen molar-refractivity contribution in [3.63, 3.8) is 0 Å². The minimum Gasteiger partial charge on any atom is -0.457 e.